The Labute approximate surface area is 374 Å². The number of alkyl carbamates (subject to hydrolysis) is 1. The van der Waals surface area contributed by atoms with Crippen molar-refractivity contribution in [2.45, 2.75) is 279 Å². The Bertz CT molecular complexity index is 987. The zero-order chi connectivity index (χ0) is 44.6. The molecule has 0 aliphatic heterocycles. The second-order valence-corrected chi connectivity index (χ2v) is 19.9. The van der Waals surface area contributed by atoms with Crippen LogP contribution in [0.15, 0.2) is 0 Å². The number of carbonyl (C=O) groups excluding carboxylic acids is 3. The Balaban J connectivity index is 0. The average molecular weight is 853 g/mol. The largest absolute Gasteiger partial charge is 0.466 e. The normalized spacial score (nSPS) is 12.0. The summed E-state index contributed by atoms with van der Waals surface area (Å²) in [6.45, 7) is 20.9. The monoisotopic (exact) mass is 853 g/mol. The van der Waals surface area contributed by atoms with E-state index < -0.39 is 5.60 Å². The Kier molecular flexibility index (Phi) is 38.8. The molecule has 0 radical (unpaired) electrons. The van der Waals surface area contributed by atoms with Crippen molar-refractivity contribution >= 4 is 18.0 Å². The smallest absolute Gasteiger partial charge is 0.407 e. The van der Waals surface area contributed by atoms with Gasteiger partial charge in [0.15, 0.2) is 0 Å². The van der Waals surface area contributed by atoms with Gasteiger partial charge in [-0.1, -0.05) is 176 Å². The Hall–Kier alpha value is -1.83. The minimum Gasteiger partial charge on any atom is -0.466 e. The molecule has 60 heavy (non-hydrogen) atoms. The number of esters is 2. The highest BCUT2D eigenvalue weighted by atomic mass is 16.6. The van der Waals surface area contributed by atoms with E-state index in [1.165, 1.54) is 109 Å². The summed E-state index contributed by atoms with van der Waals surface area (Å²) >= 11 is 0. The van der Waals surface area contributed by atoms with E-state index in [1.807, 2.05) is 20.8 Å². The standard InChI is InChI=1S/C52H102N2O6.H2/c1-9-12-15-18-21-30-37-44-58-48(55)40-33-26-22-28-35-42-54(46-52(7,8)45-53-50(57)60-51(4,5)6)43-36-29-23-27-34-41-49(56)59-47(38-31-24-19-16-13-10-2)39-32-25-20-17-14-11-3;/h47H,9-46H2,1-8H3,(H,53,57);1H. The van der Waals surface area contributed by atoms with Gasteiger partial charge in [0, 0.05) is 27.4 Å². The lowest BCUT2D eigenvalue weighted by Crippen LogP contribution is -2.44. The zero-order valence-electron chi connectivity index (χ0n) is 41.3. The lowest BCUT2D eigenvalue weighted by molar-refractivity contribution is -0.150. The van der Waals surface area contributed by atoms with Gasteiger partial charge in [-0.05, 0) is 97.1 Å². The number of carbonyl (C=O) groups is 3. The first-order chi connectivity index (χ1) is 28.8. The second kappa shape index (κ2) is 40.0. The summed E-state index contributed by atoms with van der Waals surface area (Å²) in [7, 11) is 0. The van der Waals surface area contributed by atoms with Gasteiger partial charge < -0.3 is 24.4 Å². The summed E-state index contributed by atoms with van der Waals surface area (Å²) in [5.74, 6) is -0.0374. The fourth-order valence-corrected chi connectivity index (χ4v) is 7.96. The van der Waals surface area contributed by atoms with Crippen LogP contribution >= 0.6 is 0 Å². The predicted octanol–water partition coefficient (Wildman–Crippen LogP) is 15.5. The molecule has 0 heterocycles. The van der Waals surface area contributed by atoms with Gasteiger partial charge in [-0.3, -0.25) is 9.59 Å². The van der Waals surface area contributed by atoms with Crippen LogP contribution in [-0.4, -0.2) is 67.4 Å². The Morgan fingerprint density at radius 3 is 1.38 bits per heavy atom. The van der Waals surface area contributed by atoms with Gasteiger partial charge in [0.05, 0.1) is 6.61 Å². The highest BCUT2D eigenvalue weighted by Crippen LogP contribution is 2.21. The van der Waals surface area contributed by atoms with Crippen molar-refractivity contribution < 1.29 is 30.0 Å². The summed E-state index contributed by atoms with van der Waals surface area (Å²) in [6.07, 6.45) is 37.4. The van der Waals surface area contributed by atoms with E-state index in [-0.39, 0.29) is 31.0 Å². The van der Waals surface area contributed by atoms with E-state index in [0.717, 1.165) is 110 Å². The van der Waals surface area contributed by atoms with Crippen LogP contribution in [0.25, 0.3) is 0 Å². The van der Waals surface area contributed by atoms with E-state index in [9.17, 15) is 14.4 Å². The van der Waals surface area contributed by atoms with Crippen LogP contribution in [0.4, 0.5) is 4.79 Å². The molecule has 8 nitrogen and oxygen atoms in total. The van der Waals surface area contributed by atoms with Crippen molar-refractivity contribution in [1.29, 1.82) is 0 Å². The van der Waals surface area contributed by atoms with Crippen LogP contribution in [0.1, 0.15) is 269 Å². The van der Waals surface area contributed by atoms with Crippen molar-refractivity contribution in [3.05, 3.63) is 0 Å². The minimum atomic E-state index is -0.517. The van der Waals surface area contributed by atoms with Gasteiger partial charge in [-0.2, -0.15) is 0 Å². The van der Waals surface area contributed by atoms with Crippen LogP contribution in [0.5, 0.6) is 0 Å². The zero-order valence-corrected chi connectivity index (χ0v) is 41.3. The summed E-state index contributed by atoms with van der Waals surface area (Å²) in [5, 5.41) is 3.00. The fraction of sp³-hybridized carbons (Fsp3) is 0.942. The highest BCUT2D eigenvalue weighted by molar-refractivity contribution is 5.69. The Morgan fingerprint density at radius 2 is 0.917 bits per heavy atom. The average Bonchev–Trinajstić information content (AvgIpc) is 3.19. The summed E-state index contributed by atoms with van der Waals surface area (Å²) in [6, 6.07) is 0. The van der Waals surface area contributed by atoms with Gasteiger partial charge in [0.2, 0.25) is 0 Å². The number of hydrogen-bond acceptors (Lipinski definition) is 7. The van der Waals surface area contributed by atoms with E-state index in [2.05, 4.69) is 44.8 Å². The molecular weight excluding hydrogens is 749 g/mol. The lowest BCUT2D eigenvalue weighted by atomic mass is 9.92. The predicted molar refractivity (Wildman–Crippen MR) is 257 cm³/mol. The molecule has 1 amide bonds. The molecule has 0 rings (SSSR count). The first-order valence-electron chi connectivity index (χ1n) is 25.9. The van der Waals surface area contributed by atoms with E-state index in [4.69, 9.17) is 14.2 Å². The number of amides is 1. The van der Waals surface area contributed by atoms with E-state index in [0.29, 0.717) is 26.0 Å². The third-order valence-electron chi connectivity index (χ3n) is 11.5. The van der Waals surface area contributed by atoms with Crippen molar-refractivity contribution in [3.8, 4) is 0 Å². The lowest BCUT2D eigenvalue weighted by Gasteiger charge is -2.33. The quantitative estimate of drug-likeness (QED) is 0.0371. The molecule has 0 fully saturated rings. The van der Waals surface area contributed by atoms with Crippen LogP contribution in [0.3, 0.4) is 0 Å². The van der Waals surface area contributed by atoms with E-state index >= 15 is 0 Å². The maximum atomic E-state index is 12.9. The number of unbranched alkanes of at least 4 members (excludes halogenated alkanes) is 24. The second-order valence-electron chi connectivity index (χ2n) is 19.9. The van der Waals surface area contributed by atoms with Gasteiger partial charge in [0.25, 0.3) is 0 Å². The summed E-state index contributed by atoms with van der Waals surface area (Å²) in [4.78, 5) is 40.1. The topological polar surface area (TPSA) is 94.2 Å². The molecule has 0 unspecified atom stereocenters. The number of nitrogens with zero attached hydrogens (tertiary/aromatic N) is 1. The summed E-state index contributed by atoms with van der Waals surface area (Å²) < 4.78 is 17.0. The van der Waals surface area contributed by atoms with Crippen molar-refractivity contribution in [2.75, 3.05) is 32.8 Å². The maximum absolute atomic E-state index is 12.9. The third kappa shape index (κ3) is 41.5. The molecule has 0 saturated carbocycles. The van der Waals surface area contributed by atoms with Crippen molar-refractivity contribution in [1.82, 2.24) is 10.2 Å². The summed E-state index contributed by atoms with van der Waals surface area (Å²) in [5.41, 5.74) is -0.619. The molecular formula is C52H104N2O6. The first-order valence-corrected chi connectivity index (χ1v) is 25.9. The van der Waals surface area contributed by atoms with Gasteiger partial charge in [0.1, 0.15) is 11.7 Å². The molecule has 1 N–H and O–H groups in total. The van der Waals surface area contributed by atoms with Crippen molar-refractivity contribution in [3.63, 3.8) is 0 Å². The van der Waals surface area contributed by atoms with E-state index in [1.54, 1.807) is 0 Å². The molecule has 0 atom stereocenters. The molecule has 0 spiro atoms. The maximum Gasteiger partial charge on any atom is 0.407 e. The van der Waals surface area contributed by atoms with Gasteiger partial charge in [-0.15, -0.1) is 0 Å². The van der Waals surface area contributed by atoms with Crippen molar-refractivity contribution in [2.24, 2.45) is 5.41 Å². The van der Waals surface area contributed by atoms with Gasteiger partial charge in [-0.25, -0.2) is 4.79 Å². The number of hydrogen-bond donors (Lipinski definition) is 1. The van der Waals surface area contributed by atoms with Crippen LogP contribution in [0.2, 0.25) is 0 Å². The van der Waals surface area contributed by atoms with Gasteiger partial charge >= 0.3 is 18.0 Å². The number of nitrogens with one attached hydrogen (secondary N) is 1. The number of ether oxygens (including phenoxy) is 3. The molecule has 0 aromatic heterocycles. The molecule has 0 bridgehead atoms. The molecule has 0 aliphatic rings. The molecule has 0 aliphatic carbocycles. The molecule has 0 saturated heterocycles. The Morgan fingerprint density at radius 1 is 0.517 bits per heavy atom. The van der Waals surface area contributed by atoms with Crippen LogP contribution in [-0.2, 0) is 23.8 Å². The molecule has 0 aromatic rings. The van der Waals surface area contributed by atoms with Crippen LogP contribution < -0.4 is 5.32 Å². The van der Waals surface area contributed by atoms with Crippen LogP contribution in [0, 0.1) is 5.41 Å². The highest BCUT2D eigenvalue weighted by Gasteiger charge is 2.24. The molecule has 0 aromatic carbocycles. The molecule has 358 valence electrons. The number of rotatable bonds is 43. The minimum absolute atomic E-state index is 0. The SMILES string of the molecule is CCCCCCCCCOC(=O)CCCCCCCN(CCCCCCCC(=O)OC(CCCCCCCC)CCCCCCCC)CC(C)(C)CNC(=O)OC(C)(C)C.[HH]. The first kappa shape index (κ1) is 58.2. The fourth-order valence-electron chi connectivity index (χ4n) is 7.96. The molecule has 8 heteroatoms. The third-order valence-corrected chi connectivity index (χ3v) is 11.5.